The first kappa shape index (κ1) is 21.2. The van der Waals surface area contributed by atoms with Gasteiger partial charge in [-0.25, -0.2) is 4.21 Å². The smallest absolute Gasteiger partial charge is 0.251 e. The quantitative estimate of drug-likeness (QED) is 0.640. The predicted molar refractivity (Wildman–Crippen MR) is 122 cm³/mol. The summed E-state index contributed by atoms with van der Waals surface area (Å²) in [5, 5.41) is 2.71. The molecule has 2 atom stereocenters. The van der Waals surface area contributed by atoms with Crippen LogP contribution < -0.4 is 9.62 Å². The van der Waals surface area contributed by atoms with Crippen LogP contribution in [0.15, 0.2) is 67.0 Å². The molecule has 1 aromatic heterocycles. The van der Waals surface area contributed by atoms with Gasteiger partial charge in [0.05, 0.1) is 5.69 Å². The van der Waals surface area contributed by atoms with Crippen molar-refractivity contribution in [1.82, 2.24) is 10.3 Å². The topological polar surface area (TPSA) is 79.4 Å². The van der Waals surface area contributed by atoms with Gasteiger partial charge < -0.3 is 5.32 Å². The number of Topliss-reactive ketones (excluding diaryl/α,β-unsaturated/α-hetero) is 1. The fourth-order valence-electron chi connectivity index (χ4n) is 3.49. The Kier molecular flexibility index (Phi) is 6.15. The number of rotatable bonds is 5. The molecule has 2 heterocycles. The molecule has 3 aromatic rings. The number of carbonyl (C=O) groups is 2. The summed E-state index contributed by atoms with van der Waals surface area (Å²) in [6.45, 7) is 0.334. The summed E-state index contributed by atoms with van der Waals surface area (Å²) in [6.07, 6.45) is 3.67. The Hall–Kier alpha value is -3.03. The lowest BCUT2D eigenvalue weighted by Crippen LogP contribution is -2.42. The zero-order valence-corrected chi connectivity index (χ0v) is 18.3. The van der Waals surface area contributed by atoms with E-state index in [1.807, 2.05) is 18.2 Å². The first-order valence-corrected chi connectivity index (χ1v) is 11.2. The van der Waals surface area contributed by atoms with Gasteiger partial charge in [-0.05, 0) is 53.9 Å². The molecule has 1 amide bonds. The molecule has 2 aromatic carbocycles. The predicted octanol–water partition coefficient (Wildman–Crippen LogP) is 3.57. The molecule has 8 heteroatoms. The number of fused-ring (bicyclic) bond motifs is 1. The highest BCUT2D eigenvalue weighted by molar-refractivity contribution is 7.88. The van der Waals surface area contributed by atoms with Gasteiger partial charge in [-0.15, -0.1) is 0 Å². The van der Waals surface area contributed by atoms with Gasteiger partial charge in [-0.3, -0.25) is 18.9 Å². The Morgan fingerprint density at radius 2 is 1.94 bits per heavy atom. The third kappa shape index (κ3) is 4.52. The highest BCUT2D eigenvalue weighted by Crippen LogP contribution is 2.32. The normalized spacial score (nSPS) is 17.9. The van der Waals surface area contributed by atoms with Crippen LogP contribution in [0, 0.1) is 0 Å². The van der Waals surface area contributed by atoms with Crippen molar-refractivity contribution in [3.8, 4) is 0 Å². The lowest BCUT2D eigenvalue weighted by molar-refractivity contribution is 0.0951. The van der Waals surface area contributed by atoms with Crippen molar-refractivity contribution in [3.05, 3.63) is 94.3 Å². The van der Waals surface area contributed by atoms with E-state index in [4.69, 9.17) is 11.6 Å². The van der Waals surface area contributed by atoms with Crippen LogP contribution in [0.3, 0.4) is 0 Å². The third-order valence-corrected chi connectivity index (χ3v) is 7.04. The van der Waals surface area contributed by atoms with E-state index < -0.39 is 16.2 Å². The number of benzene rings is 2. The summed E-state index contributed by atoms with van der Waals surface area (Å²) >= 11 is 5.94. The number of aromatic nitrogens is 1. The Morgan fingerprint density at radius 3 is 2.65 bits per heavy atom. The van der Waals surface area contributed by atoms with Gasteiger partial charge >= 0.3 is 0 Å². The van der Waals surface area contributed by atoms with Crippen LogP contribution >= 0.6 is 11.6 Å². The lowest BCUT2D eigenvalue weighted by atomic mass is 9.98. The average Bonchev–Trinajstić information content (AvgIpc) is 2.80. The molecule has 0 spiro atoms. The van der Waals surface area contributed by atoms with Crippen molar-refractivity contribution in [3.63, 3.8) is 0 Å². The standard InChI is InChI=1S/C23H20ClN3O3S/c1-27-20-9-6-17(23(29)26-14-16-3-2-10-25-13-16)12-19(20)22(28)21(31(27)30)11-15-4-7-18(24)8-5-15/h2-10,12-13,21H,11,14H2,1H3,(H,26,29). The largest absolute Gasteiger partial charge is 0.348 e. The minimum absolute atomic E-state index is 0.233. The molecule has 0 aliphatic carbocycles. The number of amides is 1. The third-order valence-electron chi connectivity index (χ3n) is 5.18. The molecule has 1 N–H and O–H groups in total. The summed E-state index contributed by atoms with van der Waals surface area (Å²) in [4.78, 5) is 29.9. The molecule has 0 bridgehead atoms. The highest BCUT2D eigenvalue weighted by atomic mass is 35.5. The SMILES string of the molecule is CN1c2ccc(C(=O)NCc3cccnc3)cc2C(=O)C(Cc2ccc(Cl)cc2)S1=O. The van der Waals surface area contributed by atoms with Crippen LogP contribution in [0.2, 0.25) is 5.02 Å². The summed E-state index contributed by atoms with van der Waals surface area (Å²) < 4.78 is 14.5. The maximum absolute atomic E-state index is 13.2. The van der Waals surface area contributed by atoms with Gasteiger partial charge in [0.25, 0.3) is 5.91 Å². The molecule has 1 aliphatic rings. The van der Waals surface area contributed by atoms with E-state index in [2.05, 4.69) is 10.3 Å². The molecule has 0 saturated carbocycles. The second kappa shape index (κ2) is 8.99. The Balaban J connectivity index is 1.56. The second-order valence-corrected chi connectivity index (χ2v) is 9.34. The van der Waals surface area contributed by atoms with Gasteiger partial charge in [0.1, 0.15) is 16.2 Å². The number of carbonyl (C=O) groups excluding carboxylic acids is 2. The maximum Gasteiger partial charge on any atom is 0.251 e. The summed E-state index contributed by atoms with van der Waals surface area (Å²) in [5.74, 6) is -0.522. The van der Waals surface area contributed by atoms with Crippen molar-refractivity contribution in [1.29, 1.82) is 0 Å². The van der Waals surface area contributed by atoms with Crippen LogP contribution in [-0.2, 0) is 24.0 Å². The van der Waals surface area contributed by atoms with Crippen LogP contribution in [0.5, 0.6) is 0 Å². The zero-order valence-electron chi connectivity index (χ0n) is 16.7. The number of anilines is 1. The first-order chi connectivity index (χ1) is 14.9. The molecule has 158 valence electrons. The van der Waals surface area contributed by atoms with Crippen molar-refractivity contribution in [2.75, 3.05) is 11.4 Å². The Morgan fingerprint density at radius 1 is 1.16 bits per heavy atom. The first-order valence-electron chi connectivity index (χ1n) is 9.68. The Labute approximate surface area is 187 Å². The number of pyridine rings is 1. The van der Waals surface area contributed by atoms with Gasteiger partial charge in [-0.2, -0.15) is 0 Å². The van der Waals surface area contributed by atoms with Crippen molar-refractivity contribution < 1.29 is 13.8 Å². The Bertz CT molecular complexity index is 1150. The van der Waals surface area contributed by atoms with Crippen LogP contribution in [0.25, 0.3) is 0 Å². The van der Waals surface area contributed by atoms with E-state index in [-0.39, 0.29) is 11.7 Å². The number of halogens is 1. The maximum atomic E-state index is 13.2. The van der Waals surface area contributed by atoms with Crippen molar-refractivity contribution in [2.24, 2.45) is 0 Å². The van der Waals surface area contributed by atoms with E-state index in [9.17, 15) is 13.8 Å². The highest BCUT2D eigenvalue weighted by Gasteiger charge is 2.37. The average molecular weight is 454 g/mol. The molecule has 2 unspecified atom stereocenters. The van der Waals surface area contributed by atoms with Gasteiger partial charge in [0.2, 0.25) is 0 Å². The minimum atomic E-state index is -1.52. The van der Waals surface area contributed by atoms with Gasteiger partial charge in [-0.1, -0.05) is 29.8 Å². The van der Waals surface area contributed by atoms with Crippen molar-refractivity contribution in [2.45, 2.75) is 18.2 Å². The molecule has 31 heavy (non-hydrogen) atoms. The zero-order chi connectivity index (χ0) is 22.0. The lowest BCUT2D eigenvalue weighted by Gasteiger charge is -2.31. The monoisotopic (exact) mass is 453 g/mol. The molecule has 4 rings (SSSR count). The number of ketones is 1. The van der Waals surface area contributed by atoms with Gasteiger partial charge in [0, 0.05) is 42.1 Å². The van der Waals surface area contributed by atoms with Gasteiger partial charge in [0.15, 0.2) is 5.78 Å². The molecular formula is C23H20ClN3O3S. The number of hydrogen-bond donors (Lipinski definition) is 1. The number of nitrogens with zero attached hydrogens (tertiary/aromatic N) is 2. The van der Waals surface area contributed by atoms with Crippen molar-refractivity contribution >= 4 is 40.0 Å². The van der Waals surface area contributed by atoms with E-state index in [0.29, 0.717) is 34.8 Å². The van der Waals surface area contributed by atoms with Crippen LogP contribution in [0.4, 0.5) is 5.69 Å². The summed E-state index contributed by atoms with van der Waals surface area (Å²) in [5.41, 5.74) is 3.08. The molecular weight excluding hydrogens is 434 g/mol. The van der Waals surface area contributed by atoms with Crippen LogP contribution in [0.1, 0.15) is 31.8 Å². The van der Waals surface area contributed by atoms with E-state index in [1.165, 1.54) is 0 Å². The molecule has 0 saturated heterocycles. The fourth-order valence-corrected chi connectivity index (χ4v) is 4.99. The second-order valence-electron chi connectivity index (χ2n) is 7.23. The molecule has 0 fully saturated rings. The fraction of sp³-hybridized carbons (Fsp3) is 0.174. The van der Waals surface area contributed by atoms with E-state index >= 15 is 0 Å². The summed E-state index contributed by atoms with van der Waals surface area (Å²) in [7, 11) is 0.170. The number of hydrogen-bond acceptors (Lipinski definition) is 4. The summed E-state index contributed by atoms with van der Waals surface area (Å²) in [6, 6.07) is 15.7. The van der Waals surface area contributed by atoms with E-state index in [1.54, 1.807) is 60.1 Å². The molecule has 0 radical (unpaired) electrons. The minimum Gasteiger partial charge on any atom is -0.348 e. The van der Waals surface area contributed by atoms with Crippen LogP contribution in [-0.4, -0.2) is 33.2 Å². The molecule has 6 nitrogen and oxygen atoms in total. The van der Waals surface area contributed by atoms with E-state index in [0.717, 1.165) is 11.1 Å². The molecule has 1 aliphatic heterocycles. The number of nitrogens with one attached hydrogen (secondary N) is 1.